The summed E-state index contributed by atoms with van der Waals surface area (Å²) in [5, 5.41) is 11.4. The van der Waals surface area contributed by atoms with Crippen molar-refractivity contribution in [2.24, 2.45) is 0 Å². The maximum absolute atomic E-state index is 13.6. The molecule has 4 aromatic rings. The number of benzene rings is 3. The van der Waals surface area contributed by atoms with Crippen LogP contribution in [0, 0.1) is 5.82 Å². The number of rotatable bonds is 10. The fourth-order valence-electron chi connectivity index (χ4n) is 3.44. The monoisotopic (exact) mass is 558 g/mol. The number of sulfonamides is 1. The normalized spacial score (nSPS) is 11.1. The molecule has 198 valence electrons. The van der Waals surface area contributed by atoms with Crippen molar-refractivity contribution in [1.29, 1.82) is 0 Å². The Morgan fingerprint density at radius 1 is 0.921 bits per heavy atom. The average Bonchev–Trinajstić information content (AvgIpc) is 3.40. The Kier molecular flexibility index (Phi) is 8.08. The number of aromatic nitrogens is 2. The molecule has 0 aliphatic carbocycles. The molecule has 1 amide bonds. The van der Waals surface area contributed by atoms with Crippen LogP contribution in [0.15, 0.2) is 71.6 Å². The maximum atomic E-state index is 13.6. The van der Waals surface area contributed by atoms with E-state index in [9.17, 15) is 17.6 Å². The third-order valence-corrected chi connectivity index (χ3v) is 8.01. The summed E-state index contributed by atoms with van der Waals surface area (Å²) in [6.07, 6.45) is 0. The van der Waals surface area contributed by atoms with E-state index in [1.165, 1.54) is 44.6 Å². The summed E-state index contributed by atoms with van der Waals surface area (Å²) in [7, 11) is 0.0793. The van der Waals surface area contributed by atoms with Gasteiger partial charge in [0, 0.05) is 11.6 Å². The molecule has 0 unspecified atom stereocenters. The molecule has 4 rings (SSSR count). The van der Waals surface area contributed by atoms with Gasteiger partial charge in [-0.2, -0.15) is 0 Å². The van der Waals surface area contributed by atoms with Crippen LogP contribution >= 0.6 is 11.3 Å². The molecule has 0 bridgehead atoms. The summed E-state index contributed by atoms with van der Waals surface area (Å²) < 4.78 is 57.3. The van der Waals surface area contributed by atoms with E-state index in [0.29, 0.717) is 16.5 Å². The second kappa shape index (κ2) is 11.4. The van der Waals surface area contributed by atoms with Crippen molar-refractivity contribution in [3.8, 4) is 27.8 Å². The molecule has 0 atom stereocenters. The van der Waals surface area contributed by atoms with Gasteiger partial charge in [0.15, 0.2) is 11.5 Å². The molecule has 10 nitrogen and oxygen atoms in total. The topological polar surface area (TPSA) is 120 Å². The van der Waals surface area contributed by atoms with E-state index < -0.39 is 28.3 Å². The Morgan fingerprint density at radius 3 is 2.24 bits per heavy atom. The number of methoxy groups -OCH3 is 3. The molecule has 0 fully saturated rings. The standard InChI is InChI=1S/C25H23FN4O6S2/c1-34-19-10-4-16(5-11-19)24-28-29-25(37-24)27-23(31)15-30(18-8-6-17(26)7-9-18)38(32,33)20-12-13-21(35-2)22(14-20)36-3/h4-14H,15H2,1-3H3,(H,27,29,31). The maximum Gasteiger partial charge on any atom is 0.264 e. The lowest BCUT2D eigenvalue weighted by Gasteiger charge is -2.24. The van der Waals surface area contributed by atoms with Crippen molar-refractivity contribution in [2.75, 3.05) is 37.5 Å². The van der Waals surface area contributed by atoms with Gasteiger partial charge in [0.2, 0.25) is 11.0 Å². The Labute approximate surface area is 222 Å². The average molecular weight is 559 g/mol. The molecule has 0 saturated carbocycles. The molecule has 0 aliphatic heterocycles. The van der Waals surface area contributed by atoms with Gasteiger partial charge in [-0.15, -0.1) is 10.2 Å². The lowest BCUT2D eigenvalue weighted by atomic mass is 10.2. The first-order chi connectivity index (χ1) is 18.2. The van der Waals surface area contributed by atoms with E-state index in [2.05, 4.69) is 15.5 Å². The first kappa shape index (κ1) is 26.8. The smallest absolute Gasteiger partial charge is 0.264 e. The number of amides is 1. The number of hydrogen-bond donors (Lipinski definition) is 1. The highest BCUT2D eigenvalue weighted by molar-refractivity contribution is 7.92. The molecule has 38 heavy (non-hydrogen) atoms. The summed E-state index contributed by atoms with van der Waals surface area (Å²) >= 11 is 1.12. The molecule has 1 N–H and O–H groups in total. The van der Waals surface area contributed by atoms with Gasteiger partial charge < -0.3 is 14.2 Å². The van der Waals surface area contributed by atoms with Crippen molar-refractivity contribution in [3.63, 3.8) is 0 Å². The number of carbonyl (C=O) groups is 1. The highest BCUT2D eigenvalue weighted by Crippen LogP contribution is 2.33. The van der Waals surface area contributed by atoms with Gasteiger partial charge in [-0.1, -0.05) is 11.3 Å². The molecule has 0 aliphatic rings. The zero-order chi connectivity index (χ0) is 27.3. The summed E-state index contributed by atoms with van der Waals surface area (Å²) in [5.74, 6) is -0.0146. The summed E-state index contributed by atoms with van der Waals surface area (Å²) in [4.78, 5) is 12.8. The van der Waals surface area contributed by atoms with Gasteiger partial charge in [-0.3, -0.25) is 14.4 Å². The molecule has 1 heterocycles. The van der Waals surface area contributed by atoms with Crippen molar-refractivity contribution >= 4 is 38.1 Å². The number of nitrogens with one attached hydrogen (secondary N) is 1. The van der Waals surface area contributed by atoms with Crippen LogP contribution in [0.3, 0.4) is 0 Å². The Balaban J connectivity index is 1.60. The van der Waals surface area contributed by atoms with Crippen LogP contribution in [-0.4, -0.2) is 52.4 Å². The zero-order valence-corrected chi connectivity index (χ0v) is 22.2. The van der Waals surface area contributed by atoms with Gasteiger partial charge >= 0.3 is 0 Å². The predicted octanol–water partition coefficient (Wildman–Crippen LogP) is 4.20. The van der Waals surface area contributed by atoms with Gasteiger partial charge in [0.1, 0.15) is 23.1 Å². The van der Waals surface area contributed by atoms with E-state index in [1.807, 2.05) is 0 Å². The number of hydrogen-bond acceptors (Lipinski definition) is 9. The van der Waals surface area contributed by atoms with Crippen molar-refractivity contribution in [1.82, 2.24) is 10.2 Å². The van der Waals surface area contributed by atoms with Crippen molar-refractivity contribution in [3.05, 3.63) is 72.5 Å². The summed E-state index contributed by atoms with van der Waals surface area (Å²) in [5.41, 5.74) is 0.861. The SMILES string of the molecule is COc1ccc(-c2nnc(NC(=O)CN(c3ccc(F)cc3)S(=O)(=O)c3ccc(OC)c(OC)c3)s2)cc1. The van der Waals surface area contributed by atoms with Crippen LogP contribution in [-0.2, 0) is 14.8 Å². The Morgan fingerprint density at radius 2 is 1.61 bits per heavy atom. The second-order valence-electron chi connectivity index (χ2n) is 7.69. The van der Waals surface area contributed by atoms with Gasteiger partial charge in [0.25, 0.3) is 10.0 Å². The minimum Gasteiger partial charge on any atom is -0.497 e. The van der Waals surface area contributed by atoms with Crippen molar-refractivity contribution in [2.45, 2.75) is 4.90 Å². The highest BCUT2D eigenvalue weighted by atomic mass is 32.2. The quantitative estimate of drug-likeness (QED) is 0.308. The van der Waals surface area contributed by atoms with E-state index in [-0.39, 0.29) is 21.5 Å². The van der Waals surface area contributed by atoms with Crippen LogP contribution in [0.2, 0.25) is 0 Å². The zero-order valence-electron chi connectivity index (χ0n) is 20.5. The van der Waals surface area contributed by atoms with E-state index >= 15 is 0 Å². The van der Waals surface area contributed by atoms with Crippen LogP contribution in [0.5, 0.6) is 17.2 Å². The molecular formula is C25H23FN4O6S2. The molecular weight excluding hydrogens is 535 g/mol. The van der Waals surface area contributed by atoms with E-state index in [1.54, 1.807) is 31.4 Å². The lowest BCUT2D eigenvalue weighted by molar-refractivity contribution is -0.114. The number of nitrogens with zero attached hydrogens (tertiary/aromatic N) is 3. The lowest BCUT2D eigenvalue weighted by Crippen LogP contribution is -2.38. The van der Waals surface area contributed by atoms with Crippen LogP contribution in [0.25, 0.3) is 10.6 Å². The summed E-state index contributed by atoms with van der Waals surface area (Å²) in [6.45, 7) is -0.611. The third-order valence-electron chi connectivity index (χ3n) is 5.35. The molecule has 13 heteroatoms. The third kappa shape index (κ3) is 5.84. The van der Waals surface area contributed by atoms with Gasteiger partial charge in [-0.25, -0.2) is 12.8 Å². The Bertz CT molecular complexity index is 1530. The van der Waals surface area contributed by atoms with Crippen LogP contribution in [0.1, 0.15) is 0 Å². The fraction of sp³-hybridized carbons (Fsp3) is 0.160. The summed E-state index contributed by atoms with van der Waals surface area (Å²) in [6, 6.07) is 16.0. The molecule has 0 radical (unpaired) electrons. The second-order valence-corrected chi connectivity index (χ2v) is 10.5. The number of carbonyl (C=O) groups excluding carboxylic acids is 1. The van der Waals surface area contributed by atoms with E-state index in [0.717, 1.165) is 33.3 Å². The van der Waals surface area contributed by atoms with Crippen LogP contribution < -0.4 is 23.8 Å². The molecule has 3 aromatic carbocycles. The number of ether oxygens (including phenoxy) is 3. The van der Waals surface area contributed by atoms with Gasteiger partial charge in [0.05, 0.1) is 31.9 Å². The van der Waals surface area contributed by atoms with Gasteiger partial charge in [-0.05, 0) is 60.7 Å². The Hall–Kier alpha value is -4.23. The number of anilines is 2. The van der Waals surface area contributed by atoms with E-state index in [4.69, 9.17) is 14.2 Å². The predicted molar refractivity (Wildman–Crippen MR) is 141 cm³/mol. The highest BCUT2D eigenvalue weighted by Gasteiger charge is 2.29. The first-order valence-electron chi connectivity index (χ1n) is 11.0. The molecule has 1 aromatic heterocycles. The fourth-order valence-corrected chi connectivity index (χ4v) is 5.64. The molecule has 0 saturated heterocycles. The first-order valence-corrected chi connectivity index (χ1v) is 13.3. The number of halogens is 1. The van der Waals surface area contributed by atoms with Crippen LogP contribution in [0.4, 0.5) is 15.2 Å². The minimum absolute atomic E-state index is 0.0903. The largest absolute Gasteiger partial charge is 0.497 e. The van der Waals surface area contributed by atoms with Crippen molar-refractivity contribution < 1.29 is 31.8 Å². The molecule has 0 spiro atoms. The minimum atomic E-state index is -4.29.